The summed E-state index contributed by atoms with van der Waals surface area (Å²) in [7, 11) is 0. The predicted molar refractivity (Wildman–Crippen MR) is 57.3 cm³/mol. The first-order chi connectivity index (χ1) is 6.45. The summed E-state index contributed by atoms with van der Waals surface area (Å²) in [6.45, 7) is 0. The molecule has 0 radical (unpaired) electrons. The van der Waals surface area contributed by atoms with Gasteiger partial charge in [-0.3, -0.25) is 0 Å². The lowest BCUT2D eigenvalue weighted by Crippen LogP contribution is -1.73. The average Bonchev–Trinajstić information content (AvgIpc) is 2.79. The minimum Gasteiger partial charge on any atom is -0.360 e. The van der Waals surface area contributed by atoms with Crippen molar-refractivity contribution in [2.75, 3.05) is 0 Å². The fraction of sp³-hybridized carbons (Fsp3) is 0. The molecule has 0 aromatic carbocycles. The summed E-state index contributed by atoms with van der Waals surface area (Å²) in [5.74, 6) is 0. The number of nitrogens with one attached hydrogen (secondary N) is 1. The van der Waals surface area contributed by atoms with Gasteiger partial charge in [-0.25, -0.2) is 0 Å². The maximum absolute atomic E-state index is 4.42. The Balaban J connectivity index is 2.33. The molecule has 0 bridgehead atoms. The molecule has 0 spiro atoms. The van der Waals surface area contributed by atoms with Crippen LogP contribution in [-0.4, -0.2) is 9.36 Å². The summed E-state index contributed by atoms with van der Waals surface area (Å²) in [6, 6.07) is 6.16. The summed E-state index contributed by atoms with van der Waals surface area (Å²) < 4.78 is 6.98. The Morgan fingerprint density at radius 1 is 1.31 bits per heavy atom. The summed E-state index contributed by atoms with van der Waals surface area (Å²) in [5.41, 5.74) is 2.19. The van der Waals surface area contributed by atoms with E-state index >= 15 is 0 Å². The standard InChI is InChI=1S/C9H6N2S2/c1-2-6(10-4-1)8-9-7(13-11-8)3-5-12-9/h1-5,10H. The van der Waals surface area contributed by atoms with Gasteiger partial charge in [-0.2, -0.15) is 4.37 Å². The highest BCUT2D eigenvalue weighted by Gasteiger charge is 2.09. The third kappa shape index (κ3) is 1.03. The van der Waals surface area contributed by atoms with Crippen LogP contribution in [0.25, 0.3) is 20.8 Å². The normalized spacial score (nSPS) is 11.1. The lowest BCUT2D eigenvalue weighted by molar-refractivity contribution is 1.38. The molecule has 0 unspecified atom stereocenters. The monoisotopic (exact) mass is 206 g/mol. The number of aromatic amines is 1. The molecule has 0 saturated heterocycles. The van der Waals surface area contributed by atoms with Crippen LogP contribution in [0.2, 0.25) is 0 Å². The Bertz CT molecular complexity index is 519. The van der Waals surface area contributed by atoms with Gasteiger partial charge in [-0.05, 0) is 35.1 Å². The molecule has 0 aliphatic heterocycles. The van der Waals surface area contributed by atoms with Crippen molar-refractivity contribution in [2.45, 2.75) is 0 Å². The number of nitrogens with zero attached hydrogens (tertiary/aromatic N) is 1. The molecule has 3 aromatic rings. The van der Waals surface area contributed by atoms with Crippen LogP contribution in [0.15, 0.2) is 29.8 Å². The molecule has 0 aliphatic carbocycles. The van der Waals surface area contributed by atoms with Crippen molar-refractivity contribution >= 4 is 32.3 Å². The minimum absolute atomic E-state index is 1.08. The van der Waals surface area contributed by atoms with Crippen LogP contribution in [0.5, 0.6) is 0 Å². The van der Waals surface area contributed by atoms with Gasteiger partial charge < -0.3 is 4.98 Å². The van der Waals surface area contributed by atoms with Crippen molar-refractivity contribution in [3.63, 3.8) is 0 Å². The Morgan fingerprint density at radius 3 is 3.15 bits per heavy atom. The second kappa shape index (κ2) is 2.68. The van der Waals surface area contributed by atoms with Crippen molar-refractivity contribution < 1.29 is 0 Å². The van der Waals surface area contributed by atoms with Crippen molar-refractivity contribution in [2.24, 2.45) is 0 Å². The van der Waals surface area contributed by atoms with Crippen LogP contribution in [0.3, 0.4) is 0 Å². The first-order valence-corrected chi connectivity index (χ1v) is 5.57. The number of fused-ring (bicyclic) bond motifs is 1. The van der Waals surface area contributed by atoms with Crippen molar-refractivity contribution in [1.82, 2.24) is 9.36 Å². The number of hydrogen-bond donors (Lipinski definition) is 1. The Hall–Kier alpha value is -1.13. The van der Waals surface area contributed by atoms with Crippen molar-refractivity contribution in [1.29, 1.82) is 0 Å². The first-order valence-electron chi connectivity index (χ1n) is 3.92. The number of hydrogen-bond acceptors (Lipinski definition) is 3. The largest absolute Gasteiger partial charge is 0.360 e. The van der Waals surface area contributed by atoms with Crippen molar-refractivity contribution in [3.05, 3.63) is 29.8 Å². The highest BCUT2D eigenvalue weighted by Crippen LogP contribution is 2.33. The van der Waals surface area contributed by atoms with E-state index in [1.54, 1.807) is 22.9 Å². The summed E-state index contributed by atoms with van der Waals surface area (Å²) in [6.07, 6.45) is 1.92. The third-order valence-corrected chi connectivity index (χ3v) is 3.79. The first kappa shape index (κ1) is 7.29. The smallest absolute Gasteiger partial charge is 0.118 e. The molecule has 4 heteroatoms. The lowest BCUT2D eigenvalue weighted by Gasteiger charge is -1.88. The molecular weight excluding hydrogens is 200 g/mol. The number of aromatic nitrogens is 2. The van der Waals surface area contributed by atoms with E-state index < -0.39 is 0 Å². The molecule has 0 atom stereocenters. The van der Waals surface area contributed by atoms with Crippen molar-refractivity contribution in [3.8, 4) is 11.4 Å². The van der Waals surface area contributed by atoms with E-state index in [1.165, 1.54) is 9.40 Å². The van der Waals surface area contributed by atoms with E-state index in [0.29, 0.717) is 0 Å². The van der Waals surface area contributed by atoms with E-state index in [9.17, 15) is 0 Å². The van der Waals surface area contributed by atoms with E-state index in [0.717, 1.165) is 11.4 Å². The van der Waals surface area contributed by atoms with E-state index in [2.05, 4.69) is 20.8 Å². The van der Waals surface area contributed by atoms with Gasteiger partial charge in [-0.15, -0.1) is 11.3 Å². The molecule has 0 fully saturated rings. The van der Waals surface area contributed by atoms with Crippen LogP contribution in [0.1, 0.15) is 0 Å². The molecule has 13 heavy (non-hydrogen) atoms. The number of thiophene rings is 1. The second-order valence-electron chi connectivity index (χ2n) is 2.73. The Labute approximate surface area is 83.0 Å². The van der Waals surface area contributed by atoms with Gasteiger partial charge in [0, 0.05) is 6.20 Å². The van der Waals surface area contributed by atoms with E-state index in [-0.39, 0.29) is 0 Å². The maximum atomic E-state index is 4.42. The minimum atomic E-state index is 1.08. The second-order valence-corrected chi connectivity index (χ2v) is 4.45. The average molecular weight is 206 g/mol. The SMILES string of the molecule is c1c[nH]c(-c2nsc3ccsc23)c1. The van der Waals surface area contributed by atoms with Gasteiger partial charge >= 0.3 is 0 Å². The quantitative estimate of drug-likeness (QED) is 0.650. The number of H-pyrrole nitrogens is 1. The molecule has 3 rings (SSSR count). The van der Waals surface area contributed by atoms with Crippen LogP contribution in [0.4, 0.5) is 0 Å². The lowest BCUT2D eigenvalue weighted by atomic mass is 10.3. The maximum Gasteiger partial charge on any atom is 0.118 e. The van der Waals surface area contributed by atoms with Crippen LogP contribution in [-0.2, 0) is 0 Å². The van der Waals surface area contributed by atoms with Crippen LogP contribution >= 0.6 is 22.9 Å². The molecule has 1 N–H and O–H groups in total. The van der Waals surface area contributed by atoms with Gasteiger partial charge in [0.25, 0.3) is 0 Å². The molecular formula is C9H6N2S2. The molecule has 0 aliphatic rings. The summed E-state index contributed by atoms with van der Waals surface area (Å²) >= 11 is 3.31. The highest BCUT2D eigenvalue weighted by molar-refractivity contribution is 7.24. The topological polar surface area (TPSA) is 28.7 Å². The zero-order valence-electron chi connectivity index (χ0n) is 6.65. The highest BCUT2D eigenvalue weighted by atomic mass is 32.1. The van der Waals surface area contributed by atoms with Gasteiger partial charge in [0.15, 0.2) is 0 Å². The predicted octanol–water partition coefficient (Wildman–Crippen LogP) is 3.35. The third-order valence-electron chi connectivity index (χ3n) is 1.93. The molecule has 0 saturated carbocycles. The molecule has 64 valence electrons. The molecule has 3 aromatic heterocycles. The fourth-order valence-electron chi connectivity index (χ4n) is 1.33. The number of rotatable bonds is 1. The van der Waals surface area contributed by atoms with E-state index in [4.69, 9.17) is 0 Å². The fourth-order valence-corrected chi connectivity index (χ4v) is 3.21. The van der Waals surface area contributed by atoms with E-state index in [1.807, 2.05) is 18.3 Å². The van der Waals surface area contributed by atoms with Crippen LogP contribution < -0.4 is 0 Å². The molecule has 0 amide bonds. The zero-order chi connectivity index (χ0) is 8.67. The van der Waals surface area contributed by atoms with Crippen LogP contribution in [0, 0.1) is 0 Å². The van der Waals surface area contributed by atoms with Gasteiger partial charge in [0.05, 0.1) is 15.1 Å². The summed E-state index contributed by atoms with van der Waals surface area (Å²) in [5, 5.41) is 2.11. The zero-order valence-corrected chi connectivity index (χ0v) is 8.28. The van der Waals surface area contributed by atoms with Gasteiger partial charge in [-0.1, -0.05) is 0 Å². The van der Waals surface area contributed by atoms with Gasteiger partial charge in [0.1, 0.15) is 5.69 Å². The molecule has 3 heterocycles. The van der Waals surface area contributed by atoms with Gasteiger partial charge in [0.2, 0.25) is 0 Å². The summed E-state index contributed by atoms with van der Waals surface area (Å²) in [4.78, 5) is 3.17. The Kier molecular flexibility index (Phi) is 1.50. The molecule has 2 nitrogen and oxygen atoms in total. The Morgan fingerprint density at radius 2 is 2.31 bits per heavy atom.